The lowest BCUT2D eigenvalue weighted by atomic mass is 9.73. The van der Waals surface area contributed by atoms with E-state index in [1.54, 1.807) is 25.3 Å². The van der Waals surface area contributed by atoms with E-state index < -0.39 is 17.2 Å². The van der Waals surface area contributed by atoms with Crippen LogP contribution in [0.5, 0.6) is 5.75 Å². The van der Waals surface area contributed by atoms with E-state index in [1.165, 1.54) is 0 Å². The van der Waals surface area contributed by atoms with Crippen LogP contribution in [0.3, 0.4) is 0 Å². The molecule has 1 unspecified atom stereocenters. The molecule has 1 aromatic carbocycles. The quantitative estimate of drug-likeness (QED) is 0.847. The van der Waals surface area contributed by atoms with E-state index in [2.05, 4.69) is 0 Å². The number of nitrogens with two attached hydrogens (primary N) is 2. The van der Waals surface area contributed by atoms with Gasteiger partial charge >= 0.3 is 0 Å². The predicted molar refractivity (Wildman–Crippen MR) is 79.4 cm³/mol. The van der Waals surface area contributed by atoms with Gasteiger partial charge in [-0.1, -0.05) is 30.4 Å². The maximum Gasteiger partial charge on any atom is 0.244 e. The van der Waals surface area contributed by atoms with Gasteiger partial charge < -0.3 is 16.2 Å². The third-order valence-corrected chi connectivity index (χ3v) is 3.70. The maximum absolute atomic E-state index is 11.9. The smallest absolute Gasteiger partial charge is 0.244 e. The summed E-state index contributed by atoms with van der Waals surface area (Å²) in [5.41, 5.74) is 11.3. The van der Waals surface area contributed by atoms with Gasteiger partial charge in [-0.3, -0.25) is 9.59 Å². The van der Waals surface area contributed by atoms with Gasteiger partial charge in [0.1, 0.15) is 5.75 Å². The monoisotopic (exact) mass is 286 g/mol. The number of allylic oxidation sites excluding steroid dienone is 2. The zero-order valence-electron chi connectivity index (χ0n) is 11.8. The third kappa shape index (κ3) is 3.13. The van der Waals surface area contributed by atoms with Crippen molar-refractivity contribution in [1.82, 2.24) is 0 Å². The lowest BCUT2D eigenvalue weighted by molar-refractivity contribution is -0.125. The first kappa shape index (κ1) is 14.8. The van der Waals surface area contributed by atoms with Crippen molar-refractivity contribution in [2.75, 3.05) is 7.11 Å². The number of amides is 2. The van der Waals surface area contributed by atoms with Crippen molar-refractivity contribution in [1.29, 1.82) is 0 Å². The van der Waals surface area contributed by atoms with Crippen molar-refractivity contribution in [2.24, 2.45) is 16.9 Å². The molecule has 2 rings (SSSR count). The lowest BCUT2D eigenvalue weighted by Gasteiger charge is -2.30. The molecule has 1 atom stereocenters. The molecule has 1 aliphatic rings. The Labute approximate surface area is 123 Å². The summed E-state index contributed by atoms with van der Waals surface area (Å²) in [7, 11) is 1.59. The molecule has 2 amide bonds. The molecule has 0 spiro atoms. The molecule has 1 aliphatic carbocycles. The highest BCUT2D eigenvalue weighted by atomic mass is 16.5. The topological polar surface area (TPSA) is 95.4 Å². The Kier molecular flexibility index (Phi) is 4.12. The molecule has 21 heavy (non-hydrogen) atoms. The van der Waals surface area contributed by atoms with Gasteiger partial charge in [0.2, 0.25) is 11.8 Å². The summed E-state index contributed by atoms with van der Waals surface area (Å²) in [4.78, 5) is 23.3. The van der Waals surface area contributed by atoms with Crippen LogP contribution in [0.25, 0.3) is 0 Å². The molecule has 0 fully saturated rings. The van der Waals surface area contributed by atoms with E-state index in [9.17, 15) is 9.59 Å². The van der Waals surface area contributed by atoms with Gasteiger partial charge in [0.25, 0.3) is 0 Å². The zero-order valence-corrected chi connectivity index (χ0v) is 11.8. The van der Waals surface area contributed by atoms with E-state index in [0.717, 1.165) is 11.3 Å². The first-order valence-corrected chi connectivity index (χ1v) is 6.58. The van der Waals surface area contributed by atoms with Crippen molar-refractivity contribution in [3.05, 3.63) is 53.6 Å². The summed E-state index contributed by atoms with van der Waals surface area (Å²) in [6.45, 7) is 0. The molecule has 1 aromatic rings. The second-order valence-electron chi connectivity index (χ2n) is 5.14. The Morgan fingerprint density at radius 1 is 1.24 bits per heavy atom. The third-order valence-electron chi connectivity index (χ3n) is 3.70. The van der Waals surface area contributed by atoms with Crippen molar-refractivity contribution in [2.45, 2.75) is 12.8 Å². The van der Waals surface area contributed by atoms with Crippen LogP contribution in [0.1, 0.15) is 12.0 Å². The second-order valence-corrected chi connectivity index (χ2v) is 5.14. The SMILES string of the molecule is COc1ccc(CC2(C(N)=O)C=CC=C(C(N)=O)C2)cc1. The molecular weight excluding hydrogens is 268 g/mol. The minimum absolute atomic E-state index is 0.222. The number of methoxy groups -OCH3 is 1. The van der Waals surface area contributed by atoms with E-state index >= 15 is 0 Å². The molecular formula is C16H18N2O3. The fraction of sp³-hybridized carbons (Fsp3) is 0.250. The Morgan fingerprint density at radius 3 is 2.43 bits per heavy atom. The standard InChI is InChI=1S/C16H18N2O3/c1-21-13-6-4-11(5-7-13)9-16(15(18)20)8-2-3-12(10-16)14(17)19/h2-8H,9-10H2,1H3,(H2,17,19)(H2,18,20). The summed E-state index contributed by atoms with van der Waals surface area (Å²) >= 11 is 0. The zero-order chi connectivity index (χ0) is 15.5. The molecule has 0 radical (unpaired) electrons. The first-order chi connectivity index (χ1) is 9.97. The van der Waals surface area contributed by atoms with Gasteiger partial charge in [-0.05, 0) is 30.5 Å². The largest absolute Gasteiger partial charge is 0.497 e. The average Bonchev–Trinajstić information content (AvgIpc) is 2.48. The Bertz CT molecular complexity index is 617. The highest BCUT2D eigenvalue weighted by molar-refractivity contribution is 5.95. The first-order valence-electron chi connectivity index (χ1n) is 6.58. The van der Waals surface area contributed by atoms with E-state index in [0.29, 0.717) is 12.0 Å². The Balaban J connectivity index is 2.27. The van der Waals surface area contributed by atoms with Crippen LogP contribution in [-0.2, 0) is 16.0 Å². The molecule has 0 saturated carbocycles. The van der Waals surface area contributed by atoms with Crippen LogP contribution in [0.2, 0.25) is 0 Å². The number of carbonyl (C=O) groups is 2. The van der Waals surface area contributed by atoms with Gasteiger partial charge in [0.15, 0.2) is 0 Å². The van der Waals surface area contributed by atoms with Crippen molar-refractivity contribution < 1.29 is 14.3 Å². The Hall–Kier alpha value is -2.56. The molecule has 0 heterocycles. The summed E-state index contributed by atoms with van der Waals surface area (Å²) in [5.74, 6) is -0.259. The van der Waals surface area contributed by atoms with Gasteiger partial charge in [-0.25, -0.2) is 0 Å². The van der Waals surface area contributed by atoms with Gasteiger partial charge in [0.05, 0.1) is 12.5 Å². The number of hydrogen-bond acceptors (Lipinski definition) is 3. The lowest BCUT2D eigenvalue weighted by Crippen LogP contribution is -2.40. The summed E-state index contributed by atoms with van der Waals surface area (Å²) < 4.78 is 5.10. The van der Waals surface area contributed by atoms with E-state index in [4.69, 9.17) is 16.2 Å². The second kappa shape index (κ2) is 5.83. The molecule has 0 aromatic heterocycles. The highest BCUT2D eigenvalue weighted by Gasteiger charge is 2.37. The summed E-state index contributed by atoms with van der Waals surface area (Å²) in [6.07, 6.45) is 5.66. The van der Waals surface area contributed by atoms with E-state index in [-0.39, 0.29) is 6.42 Å². The van der Waals surface area contributed by atoms with Crippen LogP contribution in [0.15, 0.2) is 48.1 Å². The predicted octanol–water partition coefficient (Wildman–Crippen LogP) is 1.08. The van der Waals surface area contributed by atoms with Crippen LogP contribution in [0, 0.1) is 5.41 Å². The number of carbonyl (C=O) groups excluding carboxylic acids is 2. The number of ether oxygens (including phenoxy) is 1. The molecule has 0 aliphatic heterocycles. The molecule has 5 heteroatoms. The molecule has 4 N–H and O–H groups in total. The summed E-state index contributed by atoms with van der Waals surface area (Å²) in [6, 6.07) is 7.39. The van der Waals surface area contributed by atoms with Gasteiger partial charge in [-0.15, -0.1) is 0 Å². The van der Waals surface area contributed by atoms with E-state index in [1.807, 2.05) is 24.3 Å². The van der Waals surface area contributed by atoms with Crippen LogP contribution in [-0.4, -0.2) is 18.9 Å². The van der Waals surface area contributed by atoms with Crippen LogP contribution in [0.4, 0.5) is 0 Å². The van der Waals surface area contributed by atoms with Crippen molar-refractivity contribution >= 4 is 11.8 Å². The fourth-order valence-electron chi connectivity index (χ4n) is 2.46. The maximum atomic E-state index is 11.9. The van der Waals surface area contributed by atoms with Crippen LogP contribution < -0.4 is 16.2 Å². The number of rotatable bonds is 5. The van der Waals surface area contributed by atoms with Gasteiger partial charge in [-0.2, -0.15) is 0 Å². The number of hydrogen-bond donors (Lipinski definition) is 2. The summed E-state index contributed by atoms with van der Waals surface area (Å²) in [5, 5.41) is 0. The highest BCUT2D eigenvalue weighted by Crippen LogP contribution is 2.35. The minimum atomic E-state index is -0.923. The fourth-order valence-corrected chi connectivity index (χ4v) is 2.46. The van der Waals surface area contributed by atoms with Crippen molar-refractivity contribution in [3.63, 3.8) is 0 Å². The average molecular weight is 286 g/mol. The molecule has 110 valence electrons. The Morgan fingerprint density at radius 2 is 1.90 bits per heavy atom. The normalized spacial score (nSPS) is 20.7. The van der Waals surface area contributed by atoms with Gasteiger partial charge in [0, 0.05) is 5.57 Å². The molecule has 0 bridgehead atoms. The minimum Gasteiger partial charge on any atom is -0.497 e. The van der Waals surface area contributed by atoms with Crippen molar-refractivity contribution in [3.8, 4) is 5.75 Å². The number of primary amides is 2. The van der Waals surface area contributed by atoms with Crippen LogP contribution >= 0.6 is 0 Å². The molecule has 5 nitrogen and oxygen atoms in total. The number of benzene rings is 1. The molecule has 0 saturated heterocycles.